The van der Waals surface area contributed by atoms with Gasteiger partial charge in [-0.15, -0.1) is 0 Å². The second-order valence-corrected chi connectivity index (χ2v) is 20.2. The molecule has 8 fully saturated rings. The number of nitrogens with one attached hydrogen (secondary N) is 1. The minimum absolute atomic E-state index is 0.151. The van der Waals surface area contributed by atoms with Gasteiger partial charge in [0.15, 0.2) is 0 Å². The van der Waals surface area contributed by atoms with Crippen molar-refractivity contribution in [1.29, 1.82) is 0 Å². The third kappa shape index (κ3) is 6.77. The summed E-state index contributed by atoms with van der Waals surface area (Å²) in [5, 5.41) is 43.7. The van der Waals surface area contributed by atoms with Crippen molar-refractivity contribution in [3.63, 3.8) is 0 Å². The molecule has 0 radical (unpaired) electrons. The Morgan fingerprint density at radius 3 is 1.16 bits per heavy atom. The van der Waals surface area contributed by atoms with Crippen LogP contribution in [0.5, 0.6) is 11.5 Å². The van der Waals surface area contributed by atoms with Crippen LogP contribution in [0.3, 0.4) is 0 Å². The lowest BCUT2D eigenvalue weighted by molar-refractivity contribution is -0.00626. The molecule has 14 rings (SSSR count). The lowest BCUT2D eigenvalue weighted by Crippen LogP contribution is -2.48. The van der Waals surface area contributed by atoms with Crippen molar-refractivity contribution in [2.24, 2.45) is 35.5 Å². The molecule has 5 N–H and O–H groups in total. The zero-order chi connectivity index (χ0) is 41.6. The number of hydroxylamine groups is 1. The van der Waals surface area contributed by atoms with Gasteiger partial charge in [-0.1, -0.05) is 48.5 Å². The van der Waals surface area contributed by atoms with Gasteiger partial charge in [-0.2, -0.15) is 0 Å². The Labute approximate surface area is 356 Å². The highest BCUT2D eigenvalue weighted by Crippen LogP contribution is 2.63. The molecule has 0 spiro atoms. The van der Waals surface area contributed by atoms with Gasteiger partial charge in [0.2, 0.25) is 0 Å². The second-order valence-electron chi connectivity index (χ2n) is 20.2. The number of amides is 1. The van der Waals surface area contributed by atoms with Crippen LogP contribution in [0, 0.1) is 35.5 Å². The Morgan fingerprint density at radius 2 is 0.770 bits per heavy atom. The topological polar surface area (TPSA) is 127 Å². The minimum atomic E-state index is -0.903. The molecular weight excluding hydrogens is 759 g/mol. The van der Waals surface area contributed by atoms with Gasteiger partial charge in [0, 0.05) is 16.7 Å². The molecular formula is C54H53NO6. The van der Waals surface area contributed by atoms with Crippen LogP contribution in [0.15, 0.2) is 109 Å². The van der Waals surface area contributed by atoms with Crippen molar-refractivity contribution in [2.45, 2.75) is 87.9 Å². The van der Waals surface area contributed by atoms with Gasteiger partial charge in [0.25, 0.3) is 5.91 Å². The van der Waals surface area contributed by atoms with Gasteiger partial charge in [-0.25, -0.2) is 10.3 Å². The largest absolute Gasteiger partial charge is 0.508 e. The van der Waals surface area contributed by atoms with Crippen molar-refractivity contribution in [1.82, 2.24) is 5.48 Å². The first-order valence-corrected chi connectivity index (χ1v) is 22.5. The number of carbonyl (C=O) groups is 2. The number of carboxylic acids is 1. The molecule has 1 amide bonds. The average Bonchev–Trinajstić information content (AvgIpc) is 3.25. The number of hydrogen-bond donors (Lipinski definition) is 5. The first kappa shape index (κ1) is 38.3. The number of benzene rings is 6. The molecule has 0 aliphatic heterocycles. The van der Waals surface area contributed by atoms with E-state index in [2.05, 4.69) is 36.4 Å². The summed E-state index contributed by atoms with van der Waals surface area (Å²) in [4.78, 5) is 22.9. The van der Waals surface area contributed by atoms with Crippen LogP contribution in [0.1, 0.15) is 109 Å². The standard InChI is InChI=1S/C27H27NO3.C27H26O3/c29-25-6-5-22(12-24(25)27-13-16-7-17(14-27)9-18(8-16)15-27)20-1-2-21-11-23(26(30)28-31)4-3-19(21)10-20;28-25-6-5-22(20-1-2-21-11-23(26(29)30)4-3-19(21)10-20)12-24(25)27-13-16-7-17(14-27)9-18(8-16)15-27/h1-6,10-12,16-18,29,31H,7-9,13-15H2,(H,28,30);1-6,10-12,16-18,28H,7-9,13-15H2,(H,29,30). The molecule has 0 aromatic heterocycles. The Kier molecular flexibility index (Phi) is 9.08. The number of aromatic carboxylic acids is 1. The molecule has 8 saturated carbocycles. The predicted octanol–water partition coefficient (Wildman–Crippen LogP) is 12.2. The van der Waals surface area contributed by atoms with Gasteiger partial charge >= 0.3 is 5.97 Å². The maximum absolute atomic E-state index is 11.7. The monoisotopic (exact) mass is 811 g/mol. The maximum atomic E-state index is 11.7. The summed E-state index contributed by atoms with van der Waals surface area (Å²) >= 11 is 0. The molecule has 8 bridgehead atoms. The van der Waals surface area contributed by atoms with Crippen LogP contribution in [0.4, 0.5) is 0 Å². The number of phenolic OH excluding ortho intramolecular Hbond substituents is 2. The fourth-order valence-electron chi connectivity index (χ4n) is 14.4. The lowest BCUT2D eigenvalue weighted by Gasteiger charge is -2.57. The van der Waals surface area contributed by atoms with Crippen LogP contribution >= 0.6 is 0 Å². The second kappa shape index (κ2) is 14.5. The number of carboxylic acid groups (broad SMARTS) is 1. The summed E-state index contributed by atoms with van der Waals surface area (Å²) in [6.45, 7) is 0. The third-order valence-corrected chi connectivity index (χ3v) is 16.2. The van der Waals surface area contributed by atoms with Crippen molar-refractivity contribution < 1.29 is 30.1 Å². The summed E-state index contributed by atoms with van der Waals surface area (Å²) < 4.78 is 0. The fourth-order valence-corrected chi connectivity index (χ4v) is 14.4. The Hall–Kier alpha value is -5.66. The Balaban J connectivity index is 0.000000138. The SMILES string of the molecule is O=C(NO)c1ccc2cc(-c3ccc(O)c(C45CC6CC(CC(C6)C4)C5)c3)ccc2c1.O=C(O)c1ccc2cc(-c3ccc(O)c(C45CC6CC(CC(C6)C4)C5)c3)ccc2c1. The first-order valence-electron chi connectivity index (χ1n) is 22.5. The quantitative estimate of drug-likeness (QED) is 0.0842. The van der Waals surface area contributed by atoms with Crippen molar-refractivity contribution in [3.8, 4) is 33.8 Å². The molecule has 6 aromatic carbocycles. The number of rotatable bonds is 6. The van der Waals surface area contributed by atoms with Gasteiger partial charge < -0.3 is 15.3 Å². The number of fused-ring (bicyclic) bond motifs is 2. The van der Waals surface area contributed by atoms with E-state index in [1.165, 1.54) is 77.0 Å². The van der Waals surface area contributed by atoms with Crippen LogP contribution in [-0.4, -0.2) is 32.4 Å². The van der Waals surface area contributed by atoms with Gasteiger partial charge in [-0.05, 0) is 228 Å². The van der Waals surface area contributed by atoms with Gasteiger partial charge in [0.1, 0.15) is 11.5 Å². The van der Waals surface area contributed by atoms with Crippen molar-refractivity contribution >= 4 is 33.4 Å². The van der Waals surface area contributed by atoms with E-state index in [0.29, 0.717) is 22.6 Å². The molecule has 0 atom stereocenters. The van der Waals surface area contributed by atoms with Crippen molar-refractivity contribution in [2.75, 3.05) is 0 Å². The molecule has 7 nitrogen and oxygen atoms in total. The molecule has 0 unspecified atom stereocenters. The normalized spacial score (nSPS) is 29.1. The fraction of sp³-hybridized carbons (Fsp3) is 0.370. The summed E-state index contributed by atoms with van der Waals surface area (Å²) in [6.07, 6.45) is 15.7. The van der Waals surface area contributed by atoms with Crippen LogP contribution in [0.25, 0.3) is 43.8 Å². The first-order chi connectivity index (χ1) is 29.5. The average molecular weight is 812 g/mol. The van der Waals surface area contributed by atoms with E-state index < -0.39 is 11.9 Å². The number of carbonyl (C=O) groups excluding carboxylic acids is 1. The van der Waals surface area contributed by atoms with E-state index >= 15 is 0 Å². The number of hydrogen-bond acceptors (Lipinski definition) is 5. The highest BCUT2D eigenvalue weighted by atomic mass is 16.5. The number of phenols is 2. The third-order valence-electron chi connectivity index (χ3n) is 16.2. The molecule has 8 aliphatic carbocycles. The van der Waals surface area contributed by atoms with E-state index in [4.69, 9.17) is 5.21 Å². The lowest BCUT2D eigenvalue weighted by atomic mass is 9.48. The van der Waals surface area contributed by atoms with Crippen LogP contribution in [0.2, 0.25) is 0 Å². The van der Waals surface area contributed by atoms with Crippen LogP contribution < -0.4 is 5.48 Å². The molecule has 6 aromatic rings. The minimum Gasteiger partial charge on any atom is -0.508 e. The molecule has 0 heterocycles. The molecule has 7 heteroatoms. The summed E-state index contributed by atoms with van der Waals surface area (Å²) in [5.74, 6) is 4.50. The van der Waals surface area contributed by atoms with Crippen LogP contribution in [-0.2, 0) is 10.8 Å². The van der Waals surface area contributed by atoms with E-state index in [-0.39, 0.29) is 10.8 Å². The zero-order valence-corrected chi connectivity index (χ0v) is 34.4. The number of aromatic hydroxyl groups is 2. The van der Waals surface area contributed by atoms with E-state index in [1.54, 1.807) is 29.7 Å². The summed E-state index contributed by atoms with van der Waals surface area (Å²) in [5.41, 5.74) is 9.51. The van der Waals surface area contributed by atoms with Gasteiger partial charge in [-0.3, -0.25) is 10.0 Å². The molecule has 310 valence electrons. The smallest absolute Gasteiger partial charge is 0.335 e. The highest BCUT2D eigenvalue weighted by Gasteiger charge is 2.53. The maximum Gasteiger partial charge on any atom is 0.335 e. The predicted molar refractivity (Wildman–Crippen MR) is 238 cm³/mol. The van der Waals surface area contributed by atoms with Gasteiger partial charge in [0.05, 0.1) is 5.56 Å². The summed E-state index contributed by atoms with van der Waals surface area (Å²) in [6, 6.07) is 35.3. The molecule has 8 aliphatic rings. The Bertz CT molecular complexity index is 2680. The molecule has 0 saturated heterocycles. The zero-order valence-electron chi connectivity index (χ0n) is 34.4. The van der Waals surface area contributed by atoms with E-state index in [9.17, 15) is 24.9 Å². The van der Waals surface area contributed by atoms with E-state index in [0.717, 1.165) is 90.4 Å². The van der Waals surface area contributed by atoms with Crippen molar-refractivity contribution in [3.05, 3.63) is 131 Å². The highest BCUT2D eigenvalue weighted by molar-refractivity contribution is 5.99. The Morgan fingerprint density at radius 1 is 0.443 bits per heavy atom. The molecule has 61 heavy (non-hydrogen) atoms. The van der Waals surface area contributed by atoms with E-state index in [1.807, 2.05) is 48.5 Å². The summed E-state index contributed by atoms with van der Waals surface area (Å²) in [7, 11) is 0.